The van der Waals surface area contributed by atoms with E-state index >= 15 is 0 Å². The summed E-state index contributed by atoms with van der Waals surface area (Å²) in [5, 5.41) is 15.8. The van der Waals surface area contributed by atoms with Gasteiger partial charge in [0.15, 0.2) is 11.1 Å². The molecule has 0 aliphatic heterocycles. The van der Waals surface area contributed by atoms with Gasteiger partial charge in [0.2, 0.25) is 0 Å². The fraction of sp³-hybridized carbons (Fsp3) is 0.500. The van der Waals surface area contributed by atoms with Crippen molar-refractivity contribution >= 4 is 76.2 Å². The predicted molar refractivity (Wildman–Crippen MR) is 38.7 cm³/mol. The molecule has 0 aliphatic rings. The van der Waals surface area contributed by atoms with E-state index in [0.29, 0.717) is 0 Å². The summed E-state index contributed by atoms with van der Waals surface area (Å²) in [6, 6.07) is 0. The molecule has 5 nitrogen and oxygen atoms in total. The van der Waals surface area contributed by atoms with Crippen LogP contribution in [0.3, 0.4) is 0 Å². The van der Waals surface area contributed by atoms with E-state index in [1.165, 1.54) is 0 Å². The van der Waals surface area contributed by atoms with Gasteiger partial charge in [0.05, 0.1) is 0 Å². The monoisotopic (exact) mass is 188 g/mol. The van der Waals surface area contributed by atoms with E-state index in [-0.39, 0.29) is 59.1 Å². The van der Waals surface area contributed by atoms with Crippen LogP contribution in [0.5, 0.6) is 0 Å². The van der Waals surface area contributed by atoms with E-state index in [9.17, 15) is 9.00 Å². The predicted octanol–water partition coefficient (Wildman–Crippen LogP) is -2.69. The summed E-state index contributed by atoms with van der Waals surface area (Å²) in [5.41, 5.74) is -2.19. The van der Waals surface area contributed by atoms with Crippen LogP contribution in [-0.2, 0) is 15.9 Å². The van der Waals surface area contributed by atoms with Crippen molar-refractivity contribution in [3.63, 3.8) is 0 Å². The topological polar surface area (TPSA) is 94.8 Å². The van der Waals surface area contributed by atoms with Crippen LogP contribution in [0.2, 0.25) is 0 Å². The Kier molecular flexibility index (Phi) is 15.2. The molecule has 0 aromatic rings. The van der Waals surface area contributed by atoms with Crippen molar-refractivity contribution in [2.75, 3.05) is 0 Å². The zero-order chi connectivity index (χ0) is 6.73. The summed E-state index contributed by atoms with van der Waals surface area (Å²) < 4.78 is 17.5. The van der Waals surface area contributed by atoms with Crippen LogP contribution in [0.25, 0.3) is 0 Å². The van der Waals surface area contributed by atoms with E-state index in [1.807, 2.05) is 0 Å². The van der Waals surface area contributed by atoms with Crippen molar-refractivity contribution in [1.29, 1.82) is 0 Å². The van der Waals surface area contributed by atoms with Gasteiger partial charge < -0.3 is 14.8 Å². The fourth-order valence-electron chi connectivity index (χ4n) is 0.0862. The standard InChI is InChI=1S/C2H4O5S.2Na.2H/c3-1(4)2(5)8(6)7;;;;/h2,5H,(H,3,4)(H,6,7);;;;. The van der Waals surface area contributed by atoms with Gasteiger partial charge in [-0.2, -0.15) is 0 Å². The third-order valence-electron chi connectivity index (χ3n) is 0.402. The second kappa shape index (κ2) is 8.63. The summed E-state index contributed by atoms with van der Waals surface area (Å²) in [5.74, 6) is -1.70. The van der Waals surface area contributed by atoms with Crippen LogP contribution in [-0.4, -0.2) is 89.5 Å². The third-order valence-corrected chi connectivity index (χ3v) is 0.986. The Bertz CT molecular complexity index is 113. The van der Waals surface area contributed by atoms with Gasteiger partial charge in [-0.1, -0.05) is 0 Å². The molecule has 3 N–H and O–H groups in total. The van der Waals surface area contributed by atoms with Gasteiger partial charge in [-0.25, -0.2) is 9.00 Å². The molecule has 0 saturated carbocycles. The number of rotatable bonds is 2. The van der Waals surface area contributed by atoms with Crippen molar-refractivity contribution in [2.45, 2.75) is 5.44 Å². The summed E-state index contributed by atoms with van der Waals surface area (Å²) in [6.07, 6.45) is 0. The third kappa shape index (κ3) is 7.64. The Morgan fingerprint density at radius 2 is 1.70 bits per heavy atom. The number of carboxylic acid groups (broad SMARTS) is 1. The van der Waals surface area contributed by atoms with E-state index < -0.39 is 22.5 Å². The van der Waals surface area contributed by atoms with E-state index in [2.05, 4.69) is 0 Å². The second-order valence-corrected chi connectivity index (χ2v) is 1.97. The number of carboxylic acids is 1. The Labute approximate surface area is 104 Å². The van der Waals surface area contributed by atoms with Crippen LogP contribution in [0, 0.1) is 0 Å². The van der Waals surface area contributed by atoms with Crippen molar-refractivity contribution < 1.29 is 23.8 Å². The minimum absolute atomic E-state index is 0. The SMILES string of the molecule is O=C(O)C(O)S(=O)O.[NaH].[NaH]. The van der Waals surface area contributed by atoms with Crippen LogP contribution < -0.4 is 0 Å². The van der Waals surface area contributed by atoms with Gasteiger partial charge in [0.25, 0.3) is 5.44 Å². The average molecular weight is 188 g/mol. The molecule has 52 valence electrons. The van der Waals surface area contributed by atoms with Crippen LogP contribution in [0.1, 0.15) is 0 Å². The van der Waals surface area contributed by atoms with E-state index in [4.69, 9.17) is 14.8 Å². The van der Waals surface area contributed by atoms with E-state index in [1.54, 1.807) is 0 Å². The molecule has 0 aliphatic carbocycles. The van der Waals surface area contributed by atoms with Gasteiger partial charge in [-0.15, -0.1) is 0 Å². The Hall–Kier alpha value is 1.54. The molecular weight excluding hydrogens is 182 g/mol. The Balaban J connectivity index is -0.000000245. The fourth-order valence-corrected chi connectivity index (χ4v) is 0.259. The summed E-state index contributed by atoms with van der Waals surface area (Å²) >= 11 is -2.68. The quantitative estimate of drug-likeness (QED) is 0.324. The molecule has 0 heterocycles. The van der Waals surface area contributed by atoms with E-state index in [0.717, 1.165) is 0 Å². The van der Waals surface area contributed by atoms with Gasteiger partial charge in [0.1, 0.15) is 0 Å². The van der Waals surface area contributed by atoms with Crippen LogP contribution in [0.4, 0.5) is 0 Å². The Morgan fingerprint density at radius 3 is 1.70 bits per heavy atom. The molecule has 0 spiro atoms. The number of aliphatic carboxylic acids is 1. The molecule has 0 rings (SSSR count). The molecule has 2 atom stereocenters. The molecule has 0 amide bonds. The van der Waals surface area contributed by atoms with Crippen molar-refractivity contribution in [1.82, 2.24) is 0 Å². The second-order valence-electron chi connectivity index (χ2n) is 0.967. The average Bonchev–Trinajstić information content (AvgIpc) is 1.64. The van der Waals surface area contributed by atoms with Gasteiger partial charge in [0, 0.05) is 0 Å². The first-order chi connectivity index (χ1) is 3.55. The van der Waals surface area contributed by atoms with Crippen LogP contribution >= 0.6 is 0 Å². The number of aliphatic hydroxyl groups excluding tert-OH is 1. The van der Waals surface area contributed by atoms with Gasteiger partial charge in [-0.3, -0.25) is 0 Å². The minimum atomic E-state index is -2.68. The Morgan fingerprint density at radius 1 is 1.40 bits per heavy atom. The molecule has 0 radical (unpaired) electrons. The van der Waals surface area contributed by atoms with Gasteiger partial charge >= 0.3 is 65.1 Å². The van der Waals surface area contributed by atoms with Crippen LogP contribution in [0.15, 0.2) is 0 Å². The summed E-state index contributed by atoms with van der Waals surface area (Å²) in [7, 11) is 0. The maximum atomic E-state index is 9.62. The number of aliphatic hydroxyl groups is 1. The van der Waals surface area contributed by atoms with Gasteiger partial charge in [-0.05, 0) is 0 Å². The first-order valence-electron chi connectivity index (χ1n) is 1.56. The molecule has 0 saturated heterocycles. The molecule has 2 unspecified atom stereocenters. The summed E-state index contributed by atoms with van der Waals surface area (Å²) in [4.78, 5) is 9.54. The molecular formula is C2H6Na2O5S. The van der Waals surface area contributed by atoms with Crippen molar-refractivity contribution in [2.24, 2.45) is 0 Å². The molecule has 8 heteroatoms. The number of hydrogen-bond acceptors (Lipinski definition) is 3. The maximum absolute atomic E-state index is 9.62. The summed E-state index contributed by atoms with van der Waals surface area (Å²) in [6.45, 7) is 0. The number of carbonyl (C=O) groups is 1. The molecule has 0 fully saturated rings. The zero-order valence-corrected chi connectivity index (χ0v) is 4.46. The molecule has 0 bridgehead atoms. The number of hydrogen-bond donors (Lipinski definition) is 3. The first kappa shape index (κ1) is 17.6. The molecule has 0 aromatic heterocycles. The van der Waals surface area contributed by atoms with Crippen molar-refractivity contribution in [3.05, 3.63) is 0 Å². The zero-order valence-electron chi connectivity index (χ0n) is 3.64. The molecule has 0 aromatic carbocycles. The first-order valence-corrected chi connectivity index (χ1v) is 2.73. The normalized spacial score (nSPS) is 13.8. The molecule has 10 heavy (non-hydrogen) atoms. The van der Waals surface area contributed by atoms with Crippen molar-refractivity contribution in [3.8, 4) is 0 Å².